The zero-order chi connectivity index (χ0) is 16.9. The van der Waals surface area contributed by atoms with Gasteiger partial charge < -0.3 is 4.98 Å². The average Bonchev–Trinajstić information content (AvgIpc) is 3.04. The van der Waals surface area contributed by atoms with Gasteiger partial charge in [0, 0.05) is 16.5 Å². The summed E-state index contributed by atoms with van der Waals surface area (Å²) < 4.78 is 0. The van der Waals surface area contributed by atoms with Crippen LogP contribution in [-0.4, -0.2) is 4.98 Å². The second-order valence-corrected chi connectivity index (χ2v) is 5.82. The zero-order valence-electron chi connectivity index (χ0n) is 13.7. The molecule has 0 aliphatic carbocycles. The number of hydrogen-bond acceptors (Lipinski definition) is 0. The largest absolute Gasteiger partial charge is 0.354 e. The number of para-hydroxylation sites is 1. The molecule has 0 fully saturated rings. The van der Waals surface area contributed by atoms with Crippen LogP contribution in [0.3, 0.4) is 0 Å². The Morgan fingerprint density at radius 1 is 0.640 bits per heavy atom. The first-order valence-electron chi connectivity index (χ1n) is 8.31. The lowest BCUT2D eigenvalue weighted by atomic mass is 10.1. The van der Waals surface area contributed by atoms with Crippen LogP contribution in [0.4, 0.5) is 0 Å². The Morgan fingerprint density at radius 3 is 2.12 bits per heavy atom. The molecule has 1 N–H and O–H groups in total. The SMILES string of the molecule is C(#Cc1c(/C=C/c2ccccc2)[nH]c2ccccc12)c1ccccc1. The number of benzene rings is 3. The van der Waals surface area contributed by atoms with Crippen LogP contribution in [0.15, 0.2) is 84.9 Å². The molecule has 0 unspecified atom stereocenters. The predicted octanol–water partition coefficient (Wildman–Crippen LogP) is 5.74. The van der Waals surface area contributed by atoms with Gasteiger partial charge in [-0.2, -0.15) is 0 Å². The minimum Gasteiger partial charge on any atom is -0.354 e. The van der Waals surface area contributed by atoms with Crippen LogP contribution in [0, 0.1) is 11.8 Å². The molecule has 0 saturated heterocycles. The van der Waals surface area contributed by atoms with Gasteiger partial charge in [0.1, 0.15) is 0 Å². The van der Waals surface area contributed by atoms with Crippen LogP contribution in [0.5, 0.6) is 0 Å². The maximum atomic E-state index is 3.48. The number of H-pyrrole nitrogens is 1. The van der Waals surface area contributed by atoms with Crippen LogP contribution in [0.25, 0.3) is 23.1 Å². The van der Waals surface area contributed by atoms with Crippen molar-refractivity contribution in [2.45, 2.75) is 0 Å². The van der Waals surface area contributed by atoms with Crippen LogP contribution >= 0.6 is 0 Å². The Hall–Kier alpha value is -3.50. The van der Waals surface area contributed by atoms with E-state index in [4.69, 9.17) is 0 Å². The van der Waals surface area contributed by atoms with Crippen molar-refractivity contribution >= 4 is 23.1 Å². The highest BCUT2D eigenvalue weighted by Crippen LogP contribution is 2.23. The van der Waals surface area contributed by atoms with Crippen LogP contribution in [-0.2, 0) is 0 Å². The summed E-state index contributed by atoms with van der Waals surface area (Å²) in [6.45, 7) is 0. The number of aromatic amines is 1. The molecule has 1 nitrogen and oxygen atoms in total. The summed E-state index contributed by atoms with van der Waals surface area (Å²) in [6, 6.07) is 28.7. The normalized spacial score (nSPS) is 10.7. The lowest BCUT2D eigenvalue weighted by Gasteiger charge is -1.94. The van der Waals surface area contributed by atoms with Gasteiger partial charge in [-0.25, -0.2) is 0 Å². The van der Waals surface area contributed by atoms with E-state index in [0.717, 1.165) is 27.7 Å². The molecule has 0 bridgehead atoms. The minimum atomic E-state index is 1.02. The lowest BCUT2D eigenvalue weighted by molar-refractivity contribution is 1.42. The van der Waals surface area contributed by atoms with Gasteiger partial charge >= 0.3 is 0 Å². The molecule has 1 aromatic heterocycles. The Morgan fingerprint density at radius 2 is 1.32 bits per heavy atom. The fourth-order valence-electron chi connectivity index (χ4n) is 2.82. The Balaban J connectivity index is 1.79. The topological polar surface area (TPSA) is 15.8 Å². The molecule has 3 aromatic carbocycles. The van der Waals surface area contributed by atoms with Crippen LogP contribution < -0.4 is 0 Å². The van der Waals surface area contributed by atoms with E-state index >= 15 is 0 Å². The van der Waals surface area contributed by atoms with E-state index in [1.54, 1.807) is 0 Å². The highest BCUT2D eigenvalue weighted by molar-refractivity contribution is 5.91. The van der Waals surface area contributed by atoms with Gasteiger partial charge in [-0.1, -0.05) is 84.6 Å². The smallest absolute Gasteiger partial charge is 0.0577 e. The van der Waals surface area contributed by atoms with Crippen LogP contribution in [0.1, 0.15) is 22.4 Å². The standard InChI is InChI=1S/C24H17N/c1-3-9-19(10-4-1)15-17-22-21-13-7-8-14-23(21)25-24(22)18-16-20-11-5-2-6-12-20/h1-14,16,18,25H/b18-16+. The van der Waals surface area contributed by atoms with Gasteiger partial charge in [-0.05, 0) is 29.8 Å². The number of aromatic nitrogens is 1. The highest BCUT2D eigenvalue weighted by atomic mass is 14.7. The molecular formula is C24H17N. The maximum absolute atomic E-state index is 3.48. The number of hydrogen-bond donors (Lipinski definition) is 1. The molecule has 0 aliphatic rings. The number of fused-ring (bicyclic) bond motifs is 1. The molecule has 4 aromatic rings. The van der Waals surface area contributed by atoms with E-state index in [-0.39, 0.29) is 0 Å². The van der Waals surface area contributed by atoms with E-state index in [0.29, 0.717) is 0 Å². The molecule has 1 heterocycles. The maximum Gasteiger partial charge on any atom is 0.0577 e. The van der Waals surface area contributed by atoms with Crippen LogP contribution in [0.2, 0.25) is 0 Å². The molecule has 25 heavy (non-hydrogen) atoms. The van der Waals surface area contributed by atoms with E-state index in [9.17, 15) is 0 Å². The summed E-state index contributed by atoms with van der Waals surface area (Å²) in [5.74, 6) is 6.63. The van der Waals surface area contributed by atoms with E-state index in [2.05, 4.69) is 59.3 Å². The van der Waals surface area contributed by atoms with Gasteiger partial charge in [0.15, 0.2) is 0 Å². The number of nitrogens with one attached hydrogen (secondary N) is 1. The molecule has 0 radical (unpaired) electrons. The van der Waals surface area contributed by atoms with Gasteiger partial charge in [0.2, 0.25) is 0 Å². The third-order valence-electron chi connectivity index (χ3n) is 4.08. The average molecular weight is 319 g/mol. The van der Waals surface area contributed by atoms with E-state index in [1.807, 2.05) is 54.6 Å². The van der Waals surface area contributed by atoms with Gasteiger partial charge in [-0.15, -0.1) is 0 Å². The molecule has 4 rings (SSSR count). The highest BCUT2D eigenvalue weighted by Gasteiger charge is 2.06. The van der Waals surface area contributed by atoms with Crippen molar-refractivity contribution in [1.29, 1.82) is 0 Å². The van der Waals surface area contributed by atoms with Gasteiger partial charge in [0.25, 0.3) is 0 Å². The third-order valence-corrected chi connectivity index (χ3v) is 4.08. The first kappa shape index (κ1) is 15.1. The molecule has 0 amide bonds. The van der Waals surface area contributed by atoms with Crippen molar-refractivity contribution in [2.24, 2.45) is 0 Å². The van der Waals surface area contributed by atoms with Gasteiger partial charge in [0.05, 0.1) is 11.3 Å². The van der Waals surface area contributed by atoms with Crippen molar-refractivity contribution in [1.82, 2.24) is 4.98 Å². The van der Waals surface area contributed by atoms with E-state index in [1.165, 1.54) is 5.56 Å². The Bertz CT molecular complexity index is 1070. The number of rotatable bonds is 2. The molecule has 118 valence electrons. The van der Waals surface area contributed by atoms with Crippen molar-refractivity contribution in [3.8, 4) is 11.8 Å². The monoisotopic (exact) mass is 319 g/mol. The molecule has 0 saturated carbocycles. The Labute approximate surface area is 147 Å². The molecule has 1 heteroatoms. The fourth-order valence-corrected chi connectivity index (χ4v) is 2.82. The summed E-state index contributed by atoms with van der Waals surface area (Å²) >= 11 is 0. The van der Waals surface area contributed by atoms with E-state index < -0.39 is 0 Å². The first-order valence-corrected chi connectivity index (χ1v) is 8.31. The fraction of sp³-hybridized carbons (Fsp3) is 0. The summed E-state index contributed by atoms with van der Waals surface area (Å²) in [4.78, 5) is 3.48. The third kappa shape index (κ3) is 3.39. The predicted molar refractivity (Wildman–Crippen MR) is 106 cm³/mol. The molecule has 0 atom stereocenters. The molecule has 0 aliphatic heterocycles. The lowest BCUT2D eigenvalue weighted by Crippen LogP contribution is -1.79. The second-order valence-electron chi connectivity index (χ2n) is 5.82. The first-order chi connectivity index (χ1) is 12.4. The summed E-state index contributed by atoms with van der Waals surface area (Å²) in [7, 11) is 0. The quantitative estimate of drug-likeness (QED) is 0.454. The molecule has 0 spiro atoms. The zero-order valence-corrected chi connectivity index (χ0v) is 13.7. The minimum absolute atomic E-state index is 1.02. The molecular weight excluding hydrogens is 302 g/mol. The second kappa shape index (κ2) is 6.95. The summed E-state index contributed by atoms with van der Waals surface area (Å²) in [5, 5.41) is 1.15. The van der Waals surface area contributed by atoms with Crippen molar-refractivity contribution in [2.75, 3.05) is 0 Å². The Kier molecular flexibility index (Phi) is 4.18. The summed E-state index contributed by atoms with van der Waals surface area (Å²) in [6.07, 6.45) is 4.21. The summed E-state index contributed by atoms with van der Waals surface area (Å²) in [5.41, 5.74) is 5.36. The van der Waals surface area contributed by atoms with Crippen molar-refractivity contribution < 1.29 is 0 Å². The van der Waals surface area contributed by atoms with Crippen molar-refractivity contribution in [3.63, 3.8) is 0 Å². The van der Waals surface area contributed by atoms with Crippen molar-refractivity contribution in [3.05, 3.63) is 107 Å². The van der Waals surface area contributed by atoms with Gasteiger partial charge in [-0.3, -0.25) is 0 Å².